The topological polar surface area (TPSA) is 46.2 Å². The normalized spacial score (nSPS) is 17.0. The third-order valence-corrected chi connectivity index (χ3v) is 2.50. The lowest BCUT2D eigenvalue weighted by molar-refractivity contribution is -0.305. The molecule has 0 heterocycles. The molecule has 5 heteroatoms. The molecule has 0 amide bonds. The van der Waals surface area contributed by atoms with Crippen LogP contribution in [0.25, 0.3) is 0 Å². The van der Waals surface area contributed by atoms with E-state index in [1.54, 1.807) is 26.0 Å². The molecule has 0 fully saturated rings. The van der Waals surface area contributed by atoms with Crippen LogP contribution in [0.1, 0.15) is 40.5 Å². The Hall–Kier alpha value is -0.720. The van der Waals surface area contributed by atoms with Gasteiger partial charge in [-0.15, -0.1) is 13.2 Å². The third kappa shape index (κ3) is 12.7. The van der Waals surface area contributed by atoms with E-state index in [0.29, 0.717) is 13.2 Å². The second-order valence-electron chi connectivity index (χ2n) is 4.58. The smallest absolute Gasteiger partial charge is 0.161 e. The Kier molecular flexibility index (Phi) is 12.5. The minimum Gasteiger partial charge on any atom is -0.353 e. The van der Waals surface area contributed by atoms with Crippen LogP contribution >= 0.6 is 0 Å². The highest BCUT2D eigenvalue weighted by molar-refractivity contribution is 4.65. The molecule has 0 aliphatic carbocycles. The second kappa shape index (κ2) is 13.0. The molecule has 4 unspecified atom stereocenters. The quantitative estimate of drug-likeness (QED) is 0.279. The van der Waals surface area contributed by atoms with Gasteiger partial charge in [-0.05, 0) is 40.5 Å². The van der Waals surface area contributed by atoms with E-state index in [9.17, 15) is 0 Å². The predicted octanol–water partition coefficient (Wildman–Crippen LogP) is 3.61. The predicted molar refractivity (Wildman–Crippen MR) is 82.6 cm³/mol. The Morgan fingerprint density at radius 3 is 1.33 bits per heavy atom. The maximum atomic E-state index is 5.56. The monoisotopic (exact) mass is 302 g/mol. The Bertz CT molecular complexity index is 243. The van der Waals surface area contributed by atoms with Crippen LogP contribution in [-0.4, -0.2) is 38.4 Å². The van der Waals surface area contributed by atoms with Crippen molar-refractivity contribution < 1.29 is 23.7 Å². The minimum atomic E-state index is -0.431. The first-order valence-electron chi connectivity index (χ1n) is 7.41. The highest BCUT2D eigenvalue weighted by Crippen LogP contribution is 2.08. The standard InChI is InChI=1S/C16H30O5/c1-7-9-11-17-13(3)19-15(5)21-16(6)20-14(4)18-12-10-8-2/h7-8,13-16H,1-2,9-12H2,3-6H3. The average molecular weight is 302 g/mol. The van der Waals surface area contributed by atoms with Gasteiger partial charge in [-0.2, -0.15) is 0 Å². The second-order valence-corrected chi connectivity index (χ2v) is 4.58. The van der Waals surface area contributed by atoms with E-state index in [-0.39, 0.29) is 12.6 Å². The van der Waals surface area contributed by atoms with Crippen molar-refractivity contribution in [3.05, 3.63) is 25.3 Å². The van der Waals surface area contributed by atoms with Crippen molar-refractivity contribution in [2.24, 2.45) is 0 Å². The Labute approximate surface area is 128 Å². The van der Waals surface area contributed by atoms with E-state index >= 15 is 0 Å². The van der Waals surface area contributed by atoms with Gasteiger partial charge in [-0.1, -0.05) is 12.2 Å². The molecular formula is C16H30O5. The van der Waals surface area contributed by atoms with Crippen LogP contribution in [0.15, 0.2) is 25.3 Å². The molecule has 124 valence electrons. The van der Waals surface area contributed by atoms with Crippen LogP contribution < -0.4 is 0 Å². The van der Waals surface area contributed by atoms with E-state index in [0.717, 1.165) is 12.8 Å². The Morgan fingerprint density at radius 1 is 0.667 bits per heavy atom. The van der Waals surface area contributed by atoms with Gasteiger partial charge >= 0.3 is 0 Å². The molecule has 0 aliphatic heterocycles. The van der Waals surface area contributed by atoms with Crippen LogP contribution in [0.3, 0.4) is 0 Å². The molecule has 0 bridgehead atoms. The fourth-order valence-electron chi connectivity index (χ4n) is 1.59. The van der Waals surface area contributed by atoms with Crippen molar-refractivity contribution in [1.82, 2.24) is 0 Å². The molecule has 0 N–H and O–H groups in total. The summed E-state index contributed by atoms with van der Waals surface area (Å²) in [5.41, 5.74) is 0. The molecule has 0 saturated heterocycles. The van der Waals surface area contributed by atoms with Crippen molar-refractivity contribution in [3.8, 4) is 0 Å². The molecule has 0 rings (SSSR count). The lowest BCUT2D eigenvalue weighted by Gasteiger charge is -2.25. The molecule has 21 heavy (non-hydrogen) atoms. The van der Waals surface area contributed by atoms with Crippen LogP contribution in [-0.2, 0) is 23.7 Å². The minimum absolute atomic E-state index is 0.339. The molecule has 0 spiro atoms. The zero-order valence-corrected chi connectivity index (χ0v) is 13.7. The first-order chi connectivity index (χ1) is 9.99. The summed E-state index contributed by atoms with van der Waals surface area (Å²) in [4.78, 5) is 0. The van der Waals surface area contributed by atoms with Crippen LogP contribution in [0.2, 0.25) is 0 Å². The molecule has 0 aliphatic rings. The SMILES string of the molecule is C=CCCOC(C)OC(C)OC(C)OC(C)OCCC=C. The number of hydrogen-bond donors (Lipinski definition) is 0. The summed E-state index contributed by atoms with van der Waals surface area (Å²) in [7, 11) is 0. The van der Waals surface area contributed by atoms with Crippen molar-refractivity contribution in [1.29, 1.82) is 0 Å². The van der Waals surface area contributed by atoms with Gasteiger partial charge in [0, 0.05) is 0 Å². The van der Waals surface area contributed by atoms with Crippen LogP contribution in [0, 0.1) is 0 Å². The van der Waals surface area contributed by atoms with E-state index in [1.165, 1.54) is 0 Å². The molecule has 0 saturated carbocycles. The van der Waals surface area contributed by atoms with Crippen molar-refractivity contribution >= 4 is 0 Å². The maximum absolute atomic E-state index is 5.56. The van der Waals surface area contributed by atoms with Gasteiger partial charge < -0.3 is 23.7 Å². The molecule has 0 aromatic carbocycles. The molecular weight excluding hydrogens is 272 g/mol. The van der Waals surface area contributed by atoms with Gasteiger partial charge in [-0.25, -0.2) is 0 Å². The first kappa shape index (κ1) is 20.3. The van der Waals surface area contributed by atoms with Gasteiger partial charge in [0.25, 0.3) is 0 Å². The molecule has 0 aromatic heterocycles. The summed E-state index contributed by atoms with van der Waals surface area (Å²) in [6, 6.07) is 0. The molecule has 0 aromatic rings. The summed E-state index contributed by atoms with van der Waals surface area (Å²) >= 11 is 0. The van der Waals surface area contributed by atoms with Gasteiger partial charge in [0.2, 0.25) is 0 Å². The Morgan fingerprint density at radius 2 is 1.00 bits per heavy atom. The number of hydrogen-bond acceptors (Lipinski definition) is 5. The zero-order chi connectivity index (χ0) is 16.1. The maximum Gasteiger partial charge on any atom is 0.161 e. The first-order valence-corrected chi connectivity index (χ1v) is 7.41. The summed E-state index contributed by atoms with van der Waals surface area (Å²) in [6.45, 7) is 15.7. The Balaban J connectivity index is 3.78. The van der Waals surface area contributed by atoms with E-state index < -0.39 is 12.6 Å². The number of ether oxygens (including phenoxy) is 5. The van der Waals surface area contributed by atoms with Crippen LogP contribution in [0.5, 0.6) is 0 Å². The molecule has 5 nitrogen and oxygen atoms in total. The lowest BCUT2D eigenvalue weighted by atomic mass is 10.4. The summed E-state index contributed by atoms with van der Waals surface area (Å²) in [6.07, 6.45) is 3.65. The number of rotatable bonds is 14. The van der Waals surface area contributed by atoms with E-state index in [1.807, 2.05) is 13.8 Å². The molecule has 4 atom stereocenters. The van der Waals surface area contributed by atoms with E-state index in [2.05, 4.69) is 13.2 Å². The average Bonchev–Trinajstić information content (AvgIpc) is 2.38. The lowest BCUT2D eigenvalue weighted by Crippen LogP contribution is -2.29. The summed E-state index contributed by atoms with van der Waals surface area (Å²) in [5.74, 6) is 0. The highest BCUT2D eigenvalue weighted by atomic mass is 16.8. The van der Waals surface area contributed by atoms with Gasteiger partial charge in [0.1, 0.15) is 0 Å². The van der Waals surface area contributed by atoms with Gasteiger partial charge in [0.15, 0.2) is 25.2 Å². The van der Waals surface area contributed by atoms with Crippen LogP contribution in [0.4, 0.5) is 0 Å². The molecule has 0 radical (unpaired) electrons. The van der Waals surface area contributed by atoms with Crippen molar-refractivity contribution in [2.45, 2.75) is 65.7 Å². The summed E-state index contributed by atoms with van der Waals surface area (Å²) < 4.78 is 27.5. The fourth-order valence-corrected chi connectivity index (χ4v) is 1.59. The fraction of sp³-hybridized carbons (Fsp3) is 0.750. The zero-order valence-electron chi connectivity index (χ0n) is 13.7. The van der Waals surface area contributed by atoms with Gasteiger partial charge in [-0.3, -0.25) is 0 Å². The summed E-state index contributed by atoms with van der Waals surface area (Å²) in [5, 5.41) is 0. The van der Waals surface area contributed by atoms with Gasteiger partial charge in [0.05, 0.1) is 13.2 Å². The van der Waals surface area contributed by atoms with E-state index in [4.69, 9.17) is 23.7 Å². The van der Waals surface area contributed by atoms with Crippen molar-refractivity contribution in [2.75, 3.05) is 13.2 Å². The highest BCUT2D eigenvalue weighted by Gasteiger charge is 2.15. The largest absolute Gasteiger partial charge is 0.353 e. The van der Waals surface area contributed by atoms with Crippen molar-refractivity contribution in [3.63, 3.8) is 0 Å². The third-order valence-electron chi connectivity index (χ3n) is 2.50.